The van der Waals surface area contributed by atoms with E-state index in [0.717, 1.165) is 30.7 Å². The van der Waals surface area contributed by atoms with E-state index in [1.54, 1.807) is 25.3 Å². The molecular weight excluding hydrogens is 450 g/mol. The Hall–Kier alpha value is -3.59. The minimum atomic E-state index is -0.428. The zero-order chi connectivity index (χ0) is 25.0. The number of amides is 1. The van der Waals surface area contributed by atoms with Gasteiger partial charge < -0.3 is 24.4 Å². The fourth-order valence-corrected chi connectivity index (χ4v) is 3.92. The van der Waals surface area contributed by atoms with Crippen LogP contribution in [0.5, 0.6) is 11.5 Å². The molecule has 0 bridgehead atoms. The van der Waals surface area contributed by atoms with E-state index >= 15 is 0 Å². The third-order valence-electron chi connectivity index (χ3n) is 5.73. The number of non-ortho nitro benzene ring substituents is 1. The van der Waals surface area contributed by atoms with Gasteiger partial charge in [-0.15, -0.1) is 0 Å². The zero-order valence-corrected chi connectivity index (χ0v) is 20.1. The number of carbonyl (C=O) groups excluding carboxylic acids is 1. The van der Waals surface area contributed by atoms with Gasteiger partial charge in [0.05, 0.1) is 18.1 Å². The molecule has 1 heterocycles. The molecule has 0 spiro atoms. The molecule has 1 amide bonds. The van der Waals surface area contributed by atoms with Crippen molar-refractivity contribution in [3.8, 4) is 11.5 Å². The van der Waals surface area contributed by atoms with E-state index < -0.39 is 4.92 Å². The Kier molecular flexibility index (Phi) is 9.92. The fraction of sp³-hybridized carbons (Fsp3) is 0.423. The van der Waals surface area contributed by atoms with Crippen LogP contribution in [0.4, 0.5) is 11.4 Å². The maximum atomic E-state index is 13.1. The molecule has 1 atom stereocenters. The van der Waals surface area contributed by atoms with Crippen molar-refractivity contribution in [3.63, 3.8) is 0 Å². The van der Waals surface area contributed by atoms with Gasteiger partial charge in [-0.3, -0.25) is 14.9 Å². The van der Waals surface area contributed by atoms with Gasteiger partial charge in [0.25, 0.3) is 5.69 Å². The van der Waals surface area contributed by atoms with Crippen LogP contribution < -0.4 is 14.8 Å². The van der Waals surface area contributed by atoms with Gasteiger partial charge >= 0.3 is 0 Å². The summed E-state index contributed by atoms with van der Waals surface area (Å²) in [4.78, 5) is 25.3. The average Bonchev–Trinajstić information content (AvgIpc) is 3.38. The second-order valence-electron chi connectivity index (χ2n) is 8.33. The molecule has 1 unspecified atom stereocenters. The topological polar surface area (TPSA) is 103 Å². The SMILES string of the molecule is C=CCOc1ccc(CN(CC2CCCO2)C(=O)CCCNc2ccc([N+](=O)[O-])cc2)cc1OC. The highest BCUT2D eigenvalue weighted by Crippen LogP contribution is 2.29. The Morgan fingerprint density at radius 2 is 2.09 bits per heavy atom. The summed E-state index contributed by atoms with van der Waals surface area (Å²) in [6.07, 6.45) is 4.69. The van der Waals surface area contributed by atoms with Crippen molar-refractivity contribution in [2.45, 2.75) is 38.3 Å². The summed E-state index contributed by atoms with van der Waals surface area (Å²) in [6.45, 7) is 6.36. The number of carbonyl (C=O) groups is 1. The Labute approximate surface area is 205 Å². The summed E-state index contributed by atoms with van der Waals surface area (Å²) in [7, 11) is 1.59. The normalized spacial score (nSPS) is 14.8. The van der Waals surface area contributed by atoms with E-state index in [9.17, 15) is 14.9 Å². The first-order valence-corrected chi connectivity index (χ1v) is 11.8. The van der Waals surface area contributed by atoms with Crippen LogP contribution in [0.25, 0.3) is 0 Å². The second-order valence-corrected chi connectivity index (χ2v) is 8.33. The molecular formula is C26H33N3O6. The molecule has 1 fully saturated rings. The predicted octanol–water partition coefficient (Wildman–Crippen LogP) is 4.57. The number of nitrogens with zero attached hydrogens (tertiary/aromatic N) is 2. The first-order chi connectivity index (χ1) is 17.0. The molecule has 9 heteroatoms. The van der Waals surface area contributed by atoms with Crippen LogP contribution in [-0.2, 0) is 16.1 Å². The lowest BCUT2D eigenvalue weighted by Gasteiger charge is -2.26. The van der Waals surface area contributed by atoms with Gasteiger partial charge in [0.2, 0.25) is 5.91 Å². The van der Waals surface area contributed by atoms with E-state index in [1.165, 1.54) is 12.1 Å². The highest BCUT2D eigenvalue weighted by molar-refractivity contribution is 5.76. The molecule has 3 rings (SSSR count). The smallest absolute Gasteiger partial charge is 0.269 e. The largest absolute Gasteiger partial charge is 0.493 e. The van der Waals surface area contributed by atoms with Gasteiger partial charge in [-0.25, -0.2) is 0 Å². The molecule has 188 valence electrons. The molecule has 0 aromatic heterocycles. The van der Waals surface area contributed by atoms with Gasteiger partial charge in [0.1, 0.15) is 6.61 Å². The van der Waals surface area contributed by atoms with E-state index in [1.807, 2.05) is 23.1 Å². The number of nitrogens with one attached hydrogen (secondary N) is 1. The van der Waals surface area contributed by atoms with Crippen LogP contribution in [-0.4, -0.2) is 55.2 Å². The molecule has 9 nitrogen and oxygen atoms in total. The Balaban J connectivity index is 1.58. The van der Waals surface area contributed by atoms with Crippen LogP contribution >= 0.6 is 0 Å². The van der Waals surface area contributed by atoms with Crippen LogP contribution in [0.2, 0.25) is 0 Å². The minimum absolute atomic E-state index is 0.0485. The molecule has 35 heavy (non-hydrogen) atoms. The highest BCUT2D eigenvalue weighted by atomic mass is 16.6. The van der Waals surface area contributed by atoms with Gasteiger partial charge in [-0.05, 0) is 49.1 Å². The van der Waals surface area contributed by atoms with Crippen molar-refractivity contribution in [3.05, 3.63) is 70.8 Å². The molecule has 1 aliphatic heterocycles. The summed E-state index contributed by atoms with van der Waals surface area (Å²) in [5, 5.41) is 14.0. The lowest BCUT2D eigenvalue weighted by atomic mass is 10.1. The van der Waals surface area contributed by atoms with Crippen LogP contribution in [0.1, 0.15) is 31.2 Å². The van der Waals surface area contributed by atoms with Crippen molar-refractivity contribution < 1.29 is 23.9 Å². The van der Waals surface area contributed by atoms with Gasteiger partial charge in [-0.2, -0.15) is 0 Å². The quantitative estimate of drug-likeness (QED) is 0.182. The van der Waals surface area contributed by atoms with Gasteiger partial charge in [0.15, 0.2) is 11.5 Å². The van der Waals surface area contributed by atoms with E-state index in [4.69, 9.17) is 14.2 Å². The summed E-state index contributed by atoms with van der Waals surface area (Å²) in [5.74, 6) is 1.29. The number of nitro benzene ring substituents is 1. The number of anilines is 1. The van der Waals surface area contributed by atoms with Crippen molar-refractivity contribution in [1.82, 2.24) is 4.90 Å². The van der Waals surface area contributed by atoms with E-state index in [2.05, 4.69) is 11.9 Å². The maximum Gasteiger partial charge on any atom is 0.269 e. The lowest BCUT2D eigenvalue weighted by Crippen LogP contribution is -2.37. The number of benzene rings is 2. The lowest BCUT2D eigenvalue weighted by molar-refractivity contribution is -0.384. The number of methoxy groups -OCH3 is 1. The van der Waals surface area contributed by atoms with E-state index in [0.29, 0.717) is 50.6 Å². The number of ether oxygens (including phenoxy) is 3. The Bertz CT molecular complexity index is 989. The highest BCUT2D eigenvalue weighted by Gasteiger charge is 2.23. The standard InChI is InChI=1S/C26H33N3O6/c1-3-15-35-24-13-8-20(17-25(24)33-2)18-28(19-23-6-5-16-34-23)26(30)7-4-14-27-21-9-11-22(12-10-21)29(31)32/h3,8-13,17,23,27H,1,4-7,14-16,18-19H2,2H3. The summed E-state index contributed by atoms with van der Waals surface area (Å²) in [5.41, 5.74) is 1.78. The predicted molar refractivity (Wildman–Crippen MR) is 134 cm³/mol. The molecule has 1 saturated heterocycles. The second kappa shape index (κ2) is 13.3. The molecule has 1 aliphatic rings. The van der Waals surface area contributed by atoms with Gasteiger partial charge in [-0.1, -0.05) is 18.7 Å². The third-order valence-corrected chi connectivity index (χ3v) is 5.73. The van der Waals surface area contributed by atoms with Crippen molar-refractivity contribution in [2.24, 2.45) is 0 Å². The third kappa shape index (κ3) is 7.99. The summed E-state index contributed by atoms with van der Waals surface area (Å²) >= 11 is 0. The van der Waals surface area contributed by atoms with E-state index in [-0.39, 0.29) is 17.7 Å². The molecule has 2 aromatic carbocycles. The first-order valence-electron chi connectivity index (χ1n) is 11.8. The average molecular weight is 484 g/mol. The number of rotatable bonds is 14. The number of hydrogen-bond acceptors (Lipinski definition) is 7. The number of nitro groups is 1. The molecule has 2 aromatic rings. The van der Waals surface area contributed by atoms with Crippen molar-refractivity contribution in [2.75, 3.05) is 38.7 Å². The summed E-state index contributed by atoms with van der Waals surface area (Å²) < 4.78 is 16.9. The van der Waals surface area contributed by atoms with Crippen molar-refractivity contribution in [1.29, 1.82) is 0 Å². The summed E-state index contributed by atoms with van der Waals surface area (Å²) in [6, 6.07) is 11.9. The molecule has 0 radical (unpaired) electrons. The maximum absolute atomic E-state index is 13.1. The molecule has 0 saturated carbocycles. The molecule has 0 aliphatic carbocycles. The molecule has 1 N–H and O–H groups in total. The fourth-order valence-electron chi connectivity index (χ4n) is 3.92. The van der Waals surface area contributed by atoms with Crippen LogP contribution in [0.15, 0.2) is 55.1 Å². The monoisotopic (exact) mass is 483 g/mol. The number of hydrogen-bond donors (Lipinski definition) is 1. The van der Waals surface area contributed by atoms with Crippen molar-refractivity contribution >= 4 is 17.3 Å². The Morgan fingerprint density at radius 1 is 1.29 bits per heavy atom. The van der Waals surface area contributed by atoms with Crippen LogP contribution in [0.3, 0.4) is 0 Å². The minimum Gasteiger partial charge on any atom is -0.493 e. The van der Waals surface area contributed by atoms with Gasteiger partial charge in [0, 0.05) is 50.5 Å². The zero-order valence-electron chi connectivity index (χ0n) is 20.1. The van der Waals surface area contributed by atoms with Crippen LogP contribution in [0, 0.1) is 10.1 Å². The Morgan fingerprint density at radius 3 is 2.74 bits per heavy atom. The first kappa shape index (κ1) is 26.0.